The highest BCUT2D eigenvalue weighted by Crippen LogP contribution is 2.24. The van der Waals surface area contributed by atoms with Gasteiger partial charge in [-0.15, -0.1) is 0 Å². The molecule has 0 aliphatic rings. The molecule has 3 N–H and O–H groups in total. The maximum atomic E-state index is 11.9. The van der Waals surface area contributed by atoms with Crippen LogP contribution in [0.1, 0.15) is 16.1 Å². The topological polar surface area (TPSA) is 109 Å². The van der Waals surface area contributed by atoms with E-state index >= 15 is 0 Å². The van der Waals surface area contributed by atoms with E-state index in [0.717, 1.165) is 17.4 Å². The van der Waals surface area contributed by atoms with E-state index in [4.69, 9.17) is 5.11 Å². The third-order valence-corrected chi connectivity index (χ3v) is 3.68. The lowest BCUT2D eigenvalue weighted by Crippen LogP contribution is -2.25. The number of nitrogens with one attached hydrogen (secondary N) is 1. The number of anilines is 1. The van der Waals surface area contributed by atoms with Gasteiger partial charge >= 0.3 is 10.8 Å². The SMILES string of the molecule is Cc1csc(=O)n1CC(=O)Nc1cc(C(=O)O)ccc1O. The molecule has 1 heterocycles. The number of carboxylic acids is 1. The van der Waals surface area contributed by atoms with Gasteiger partial charge in [0.1, 0.15) is 12.3 Å². The van der Waals surface area contributed by atoms with Crippen LogP contribution in [0.5, 0.6) is 5.75 Å². The lowest BCUT2D eigenvalue weighted by Gasteiger charge is -2.09. The van der Waals surface area contributed by atoms with Crippen molar-refractivity contribution in [3.63, 3.8) is 0 Å². The summed E-state index contributed by atoms with van der Waals surface area (Å²) >= 11 is 0.989. The van der Waals surface area contributed by atoms with Crippen LogP contribution in [0.25, 0.3) is 0 Å². The summed E-state index contributed by atoms with van der Waals surface area (Å²) in [4.78, 5) is 34.0. The zero-order valence-electron chi connectivity index (χ0n) is 11.0. The summed E-state index contributed by atoms with van der Waals surface area (Å²) in [5.74, 6) is -1.95. The molecule has 0 bridgehead atoms. The highest BCUT2D eigenvalue weighted by molar-refractivity contribution is 7.07. The fourth-order valence-electron chi connectivity index (χ4n) is 1.70. The first kappa shape index (κ1) is 14.8. The standard InChI is InChI=1S/C13H12N2O5S/c1-7-6-21-13(20)15(7)5-11(17)14-9-4-8(12(18)19)2-3-10(9)16/h2-4,6,16H,5H2,1H3,(H,14,17)(H,18,19). The third kappa shape index (κ3) is 3.29. The summed E-state index contributed by atoms with van der Waals surface area (Å²) in [7, 11) is 0. The molecule has 0 saturated heterocycles. The van der Waals surface area contributed by atoms with Crippen molar-refractivity contribution in [2.45, 2.75) is 13.5 Å². The van der Waals surface area contributed by atoms with E-state index in [-0.39, 0.29) is 28.4 Å². The highest BCUT2D eigenvalue weighted by atomic mass is 32.1. The van der Waals surface area contributed by atoms with Gasteiger partial charge in [0.25, 0.3) is 0 Å². The Balaban J connectivity index is 2.18. The first-order valence-corrected chi connectivity index (χ1v) is 6.77. The van der Waals surface area contributed by atoms with Gasteiger partial charge in [-0.25, -0.2) is 4.79 Å². The van der Waals surface area contributed by atoms with Crippen LogP contribution in [0.15, 0.2) is 28.4 Å². The van der Waals surface area contributed by atoms with Crippen LogP contribution < -0.4 is 10.2 Å². The number of aromatic nitrogens is 1. The van der Waals surface area contributed by atoms with Crippen LogP contribution in [-0.4, -0.2) is 26.7 Å². The van der Waals surface area contributed by atoms with Crippen molar-refractivity contribution in [2.75, 3.05) is 5.32 Å². The molecule has 1 aromatic heterocycles. The quantitative estimate of drug-likeness (QED) is 0.737. The average molecular weight is 308 g/mol. The number of amides is 1. The number of nitrogens with zero attached hydrogens (tertiary/aromatic N) is 1. The average Bonchev–Trinajstić information content (AvgIpc) is 2.73. The van der Waals surface area contributed by atoms with Crippen molar-refractivity contribution in [1.82, 2.24) is 4.57 Å². The number of aromatic hydroxyl groups is 1. The molecule has 0 spiro atoms. The fourth-order valence-corrected chi connectivity index (χ4v) is 2.43. The summed E-state index contributed by atoms with van der Waals surface area (Å²) in [5, 5.41) is 22.5. The minimum atomic E-state index is -1.17. The minimum absolute atomic E-state index is 0.0131. The molecule has 2 rings (SSSR count). The van der Waals surface area contributed by atoms with Crippen LogP contribution in [0.3, 0.4) is 0 Å². The molecular formula is C13H12N2O5S. The van der Waals surface area contributed by atoms with Crippen LogP contribution >= 0.6 is 11.3 Å². The van der Waals surface area contributed by atoms with E-state index in [9.17, 15) is 19.5 Å². The number of hydrogen-bond acceptors (Lipinski definition) is 5. The highest BCUT2D eigenvalue weighted by Gasteiger charge is 2.12. The summed E-state index contributed by atoms with van der Waals surface area (Å²) in [5.41, 5.74) is 0.580. The van der Waals surface area contributed by atoms with Crippen molar-refractivity contribution in [1.29, 1.82) is 0 Å². The number of carbonyl (C=O) groups excluding carboxylic acids is 1. The summed E-state index contributed by atoms with van der Waals surface area (Å²) in [6.45, 7) is 1.50. The summed E-state index contributed by atoms with van der Waals surface area (Å²) in [6.07, 6.45) is 0. The van der Waals surface area contributed by atoms with E-state index in [2.05, 4.69) is 5.32 Å². The van der Waals surface area contributed by atoms with Crippen LogP contribution in [-0.2, 0) is 11.3 Å². The Morgan fingerprint density at radius 1 is 1.38 bits per heavy atom. The Hall–Kier alpha value is -2.61. The molecule has 1 amide bonds. The number of phenols is 1. The zero-order valence-corrected chi connectivity index (χ0v) is 11.8. The molecule has 0 saturated carbocycles. The fraction of sp³-hybridized carbons (Fsp3) is 0.154. The number of benzene rings is 1. The van der Waals surface area contributed by atoms with Crippen molar-refractivity contribution in [3.8, 4) is 5.75 Å². The van der Waals surface area contributed by atoms with Gasteiger partial charge < -0.3 is 15.5 Å². The number of aryl methyl sites for hydroxylation is 1. The molecule has 7 nitrogen and oxygen atoms in total. The molecule has 0 unspecified atom stereocenters. The van der Waals surface area contributed by atoms with E-state index in [0.29, 0.717) is 5.69 Å². The van der Waals surface area contributed by atoms with Gasteiger partial charge in [0.05, 0.1) is 11.3 Å². The normalized spacial score (nSPS) is 10.3. The number of phenolic OH excluding ortho intramolecular Hbond substituents is 1. The first-order chi connectivity index (χ1) is 9.88. The molecule has 2 aromatic rings. The number of carboxylic acid groups (broad SMARTS) is 1. The smallest absolute Gasteiger partial charge is 0.335 e. The van der Waals surface area contributed by atoms with Gasteiger partial charge in [-0.3, -0.25) is 14.2 Å². The van der Waals surface area contributed by atoms with Gasteiger partial charge in [0.15, 0.2) is 0 Å². The van der Waals surface area contributed by atoms with Crippen molar-refractivity contribution in [2.24, 2.45) is 0 Å². The lowest BCUT2D eigenvalue weighted by atomic mass is 10.2. The van der Waals surface area contributed by atoms with Gasteiger partial charge in [0.2, 0.25) is 5.91 Å². The number of hydrogen-bond donors (Lipinski definition) is 3. The Labute approximate surface area is 123 Å². The largest absolute Gasteiger partial charge is 0.506 e. The number of aromatic carboxylic acids is 1. The lowest BCUT2D eigenvalue weighted by molar-refractivity contribution is -0.116. The number of carbonyl (C=O) groups is 2. The first-order valence-electron chi connectivity index (χ1n) is 5.89. The van der Waals surface area contributed by atoms with Crippen molar-refractivity contribution >= 4 is 28.9 Å². The van der Waals surface area contributed by atoms with Crippen LogP contribution in [0, 0.1) is 6.92 Å². The molecule has 0 radical (unpaired) electrons. The molecule has 21 heavy (non-hydrogen) atoms. The maximum absolute atomic E-state index is 11.9. The predicted octanol–water partition coefficient (Wildman–Crippen LogP) is 1.26. The molecule has 8 heteroatoms. The van der Waals surface area contributed by atoms with Crippen LogP contribution in [0.2, 0.25) is 0 Å². The minimum Gasteiger partial charge on any atom is -0.506 e. The molecule has 110 valence electrons. The zero-order chi connectivity index (χ0) is 15.6. The van der Waals surface area contributed by atoms with E-state index in [1.165, 1.54) is 16.7 Å². The Morgan fingerprint density at radius 2 is 2.10 bits per heavy atom. The second-order valence-corrected chi connectivity index (χ2v) is 5.14. The third-order valence-electron chi connectivity index (χ3n) is 2.80. The molecule has 0 fully saturated rings. The van der Waals surface area contributed by atoms with Crippen molar-refractivity contribution in [3.05, 3.63) is 44.5 Å². The second-order valence-electron chi connectivity index (χ2n) is 4.31. The molecular weight excluding hydrogens is 296 g/mol. The monoisotopic (exact) mass is 308 g/mol. The Bertz CT molecular complexity index is 762. The summed E-state index contributed by atoms with van der Waals surface area (Å²) < 4.78 is 1.29. The summed E-state index contributed by atoms with van der Waals surface area (Å²) in [6, 6.07) is 3.56. The van der Waals surface area contributed by atoms with E-state index < -0.39 is 11.9 Å². The van der Waals surface area contributed by atoms with Crippen molar-refractivity contribution < 1.29 is 19.8 Å². The van der Waals surface area contributed by atoms with Gasteiger partial charge in [-0.05, 0) is 25.1 Å². The number of rotatable bonds is 4. The van der Waals surface area contributed by atoms with Gasteiger partial charge in [-0.1, -0.05) is 11.3 Å². The van der Waals surface area contributed by atoms with Gasteiger partial charge in [-0.2, -0.15) is 0 Å². The predicted molar refractivity (Wildman–Crippen MR) is 77.0 cm³/mol. The van der Waals surface area contributed by atoms with E-state index in [1.807, 2.05) is 0 Å². The van der Waals surface area contributed by atoms with Crippen LogP contribution in [0.4, 0.5) is 5.69 Å². The Morgan fingerprint density at radius 3 is 2.67 bits per heavy atom. The molecule has 0 atom stereocenters. The van der Waals surface area contributed by atoms with E-state index in [1.54, 1.807) is 12.3 Å². The molecule has 0 aliphatic carbocycles. The number of thiazole rings is 1. The van der Waals surface area contributed by atoms with Gasteiger partial charge in [0, 0.05) is 11.1 Å². The molecule has 1 aromatic carbocycles. The second kappa shape index (κ2) is 5.80. The Kier molecular flexibility index (Phi) is 4.08. The maximum Gasteiger partial charge on any atom is 0.335 e. The molecule has 0 aliphatic heterocycles.